The Morgan fingerprint density at radius 1 is 1.46 bits per heavy atom. The monoisotopic (exact) mass is 297 g/mol. The summed E-state index contributed by atoms with van der Waals surface area (Å²) in [7, 11) is 0. The number of nitrogens with zero attached hydrogens (tertiary/aromatic N) is 1. The maximum Gasteiger partial charge on any atom is 0.264 e. The van der Waals surface area contributed by atoms with Crippen LogP contribution in [0.15, 0.2) is 21.5 Å². The highest BCUT2D eigenvalue weighted by molar-refractivity contribution is 9.10. The summed E-state index contributed by atoms with van der Waals surface area (Å²) in [5, 5.41) is 0. The van der Waals surface area contributed by atoms with Gasteiger partial charge in [-0.1, -0.05) is 23.2 Å². The lowest BCUT2D eigenvalue weighted by Gasteiger charge is -1.87. The summed E-state index contributed by atoms with van der Waals surface area (Å²) < 4.78 is 6.25. The number of thiophene rings is 1. The Bertz CT molecular complexity index is 439. The molecule has 0 bridgehead atoms. The van der Waals surface area contributed by atoms with Crippen LogP contribution in [0, 0.1) is 0 Å². The van der Waals surface area contributed by atoms with E-state index in [0.29, 0.717) is 19.2 Å². The van der Waals surface area contributed by atoms with E-state index in [4.69, 9.17) is 27.6 Å². The van der Waals surface area contributed by atoms with Gasteiger partial charge in [0.25, 0.3) is 4.80 Å². The first-order valence-corrected chi connectivity index (χ1v) is 5.59. The Balaban J connectivity index is 2.51. The van der Waals surface area contributed by atoms with Crippen LogP contribution in [0.2, 0.25) is 8.67 Å². The molecule has 0 aliphatic carbocycles. The van der Waals surface area contributed by atoms with Crippen molar-refractivity contribution in [1.82, 2.24) is 4.98 Å². The molecule has 2 heterocycles. The topological polar surface area (TPSA) is 26.0 Å². The number of aromatic nitrogens is 1. The first kappa shape index (κ1) is 9.52. The van der Waals surface area contributed by atoms with Crippen LogP contribution in [0.5, 0.6) is 0 Å². The van der Waals surface area contributed by atoms with E-state index >= 15 is 0 Å². The van der Waals surface area contributed by atoms with Gasteiger partial charge in [0.1, 0.15) is 16.3 Å². The normalized spacial score (nSPS) is 10.7. The quantitative estimate of drug-likeness (QED) is 0.776. The highest BCUT2D eigenvalue weighted by Gasteiger charge is 2.11. The highest BCUT2D eigenvalue weighted by atomic mass is 79.9. The van der Waals surface area contributed by atoms with Crippen molar-refractivity contribution < 1.29 is 4.42 Å². The van der Waals surface area contributed by atoms with Gasteiger partial charge in [-0.05, 0) is 6.07 Å². The molecule has 0 atom stereocenters. The van der Waals surface area contributed by atoms with Crippen LogP contribution in [0.3, 0.4) is 0 Å². The number of hydrogen-bond acceptors (Lipinski definition) is 3. The lowest BCUT2D eigenvalue weighted by atomic mass is 10.3. The van der Waals surface area contributed by atoms with Gasteiger partial charge in [0.15, 0.2) is 0 Å². The maximum atomic E-state index is 5.93. The van der Waals surface area contributed by atoms with Crippen molar-refractivity contribution in [3.8, 4) is 11.3 Å². The summed E-state index contributed by atoms with van der Waals surface area (Å²) in [4.78, 5) is 4.50. The van der Waals surface area contributed by atoms with E-state index in [1.165, 1.54) is 17.6 Å². The summed E-state index contributed by atoms with van der Waals surface area (Å²) in [5.41, 5.74) is 1.48. The molecular weight excluding hydrogens is 297 g/mol. The second-order valence-electron chi connectivity index (χ2n) is 2.22. The smallest absolute Gasteiger partial charge is 0.264 e. The molecule has 0 saturated carbocycles. The standard InChI is InChI=1S/C7H2BrCl2NOS/c8-7-11-4(2-12-7)3-1-5(9)13-6(3)10/h1-2H. The van der Waals surface area contributed by atoms with Gasteiger partial charge in [0, 0.05) is 21.5 Å². The van der Waals surface area contributed by atoms with Gasteiger partial charge in [-0.15, -0.1) is 11.3 Å². The summed E-state index contributed by atoms with van der Waals surface area (Å²) in [6.07, 6.45) is 1.52. The number of hydrogen-bond donors (Lipinski definition) is 0. The molecule has 0 aliphatic rings. The summed E-state index contributed by atoms with van der Waals surface area (Å²) in [6.45, 7) is 0. The molecule has 0 aromatic carbocycles. The average molecular weight is 299 g/mol. The lowest BCUT2D eigenvalue weighted by Crippen LogP contribution is -1.72. The van der Waals surface area contributed by atoms with Crippen LogP contribution in [-0.4, -0.2) is 4.98 Å². The second kappa shape index (κ2) is 3.61. The minimum atomic E-state index is 0.431. The molecule has 0 unspecified atom stereocenters. The molecular formula is C7H2BrCl2NOS. The Labute approximate surface area is 96.6 Å². The van der Waals surface area contributed by atoms with Crippen LogP contribution >= 0.6 is 50.5 Å². The molecule has 0 fully saturated rings. The van der Waals surface area contributed by atoms with Crippen LogP contribution < -0.4 is 0 Å². The van der Waals surface area contributed by atoms with Gasteiger partial charge < -0.3 is 4.42 Å². The third-order valence-corrected chi connectivity index (χ3v) is 3.26. The molecule has 2 nitrogen and oxygen atoms in total. The van der Waals surface area contributed by atoms with Crippen molar-refractivity contribution in [2.24, 2.45) is 0 Å². The summed E-state index contributed by atoms with van der Waals surface area (Å²) >= 11 is 16.1. The fraction of sp³-hybridized carbons (Fsp3) is 0. The van der Waals surface area contributed by atoms with E-state index in [2.05, 4.69) is 20.9 Å². The molecule has 0 aliphatic heterocycles. The van der Waals surface area contributed by atoms with Gasteiger partial charge >= 0.3 is 0 Å². The van der Waals surface area contributed by atoms with E-state index in [0.717, 1.165) is 5.56 Å². The predicted octanol–water partition coefficient (Wildman–Crippen LogP) is 4.47. The van der Waals surface area contributed by atoms with E-state index in [-0.39, 0.29) is 0 Å². The zero-order valence-electron chi connectivity index (χ0n) is 6.05. The molecule has 13 heavy (non-hydrogen) atoms. The van der Waals surface area contributed by atoms with Gasteiger partial charge in [-0.25, -0.2) is 4.98 Å². The van der Waals surface area contributed by atoms with Gasteiger partial charge in [0.05, 0.1) is 4.34 Å². The van der Waals surface area contributed by atoms with Gasteiger partial charge in [-0.3, -0.25) is 0 Å². The third kappa shape index (κ3) is 1.91. The molecule has 6 heteroatoms. The van der Waals surface area contributed by atoms with E-state index < -0.39 is 0 Å². The van der Waals surface area contributed by atoms with Crippen molar-refractivity contribution in [2.45, 2.75) is 0 Å². The Morgan fingerprint density at radius 2 is 2.23 bits per heavy atom. The SMILES string of the molecule is Clc1cc(-c2coc(Br)n2)c(Cl)s1. The molecule has 0 amide bonds. The molecule has 0 N–H and O–H groups in total. The minimum Gasteiger partial charge on any atom is -0.439 e. The largest absolute Gasteiger partial charge is 0.439 e. The summed E-state index contributed by atoms with van der Waals surface area (Å²) in [5.74, 6) is 0. The molecule has 0 radical (unpaired) electrons. The van der Waals surface area contributed by atoms with Crippen molar-refractivity contribution in [2.75, 3.05) is 0 Å². The van der Waals surface area contributed by atoms with Crippen molar-refractivity contribution >= 4 is 50.5 Å². The highest BCUT2D eigenvalue weighted by Crippen LogP contribution is 2.37. The fourth-order valence-corrected chi connectivity index (χ4v) is 2.66. The van der Waals surface area contributed by atoms with Gasteiger partial charge in [-0.2, -0.15) is 0 Å². The van der Waals surface area contributed by atoms with Crippen LogP contribution in [0.25, 0.3) is 11.3 Å². The van der Waals surface area contributed by atoms with Crippen molar-refractivity contribution in [3.63, 3.8) is 0 Å². The van der Waals surface area contributed by atoms with E-state index in [1.54, 1.807) is 6.07 Å². The zero-order chi connectivity index (χ0) is 9.42. The Kier molecular flexibility index (Phi) is 2.65. The minimum absolute atomic E-state index is 0.431. The fourth-order valence-electron chi connectivity index (χ4n) is 0.890. The second-order valence-corrected chi connectivity index (χ2v) is 5.19. The Hall–Kier alpha value is -0.0300. The van der Waals surface area contributed by atoms with Crippen LogP contribution in [0.4, 0.5) is 0 Å². The molecule has 0 saturated heterocycles. The lowest BCUT2D eigenvalue weighted by molar-refractivity contribution is 0.529. The average Bonchev–Trinajstić information content (AvgIpc) is 2.58. The Morgan fingerprint density at radius 3 is 2.69 bits per heavy atom. The van der Waals surface area contributed by atoms with Gasteiger partial charge in [0.2, 0.25) is 0 Å². The van der Waals surface area contributed by atoms with Crippen molar-refractivity contribution in [1.29, 1.82) is 0 Å². The predicted molar refractivity (Wildman–Crippen MR) is 57.5 cm³/mol. The summed E-state index contributed by atoms with van der Waals surface area (Å²) in [6, 6.07) is 1.76. The zero-order valence-corrected chi connectivity index (χ0v) is 9.97. The van der Waals surface area contributed by atoms with Crippen molar-refractivity contribution in [3.05, 3.63) is 25.8 Å². The molecule has 68 valence electrons. The maximum absolute atomic E-state index is 5.93. The first-order chi connectivity index (χ1) is 6.16. The molecule has 2 aromatic heterocycles. The first-order valence-electron chi connectivity index (χ1n) is 3.23. The number of oxazole rings is 1. The molecule has 0 spiro atoms. The number of rotatable bonds is 1. The van der Waals surface area contributed by atoms with E-state index in [9.17, 15) is 0 Å². The van der Waals surface area contributed by atoms with E-state index in [1.807, 2.05) is 0 Å². The molecule has 2 aromatic rings. The number of halogens is 3. The van der Waals surface area contributed by atoms with Crippen LogP contribution in [0.1, 0.15) is 0 Å². The van der Waals surface area contributed by atoms with Crippen LogP contribution in [-0.2, 0) is 0 Å². The molecule has 2 rings (SSSR count). The third-order valence-electron chi connectivity index (χ3n) is 1.41.